The van der Waals surface area contributed by atoms with Crippen LogP contribution in [-0.4, -0.2) is 41.1 Å². The van der Waals surface area contributed by atoms with E-state index in [-0.39, 0.29) is 12.0 Å². The van der Waals surface area contributed by atoms with Gasteiger partial charge in [-0.15, -0.1) is 0 Å². The maximum Gasteiger partial charge on any atom is 0.246 e. The molecule has 0 bridgehead atoms. The van der Waals surface area contributed by atoms with Crippen molar-refractivity contribution in [3.05, 3.63) is 58.6 Å². The second kappa shape index (κ2) is 9.41. The van der Waals surface area contributed by atoms with Crippen LogP contribution in [0.2, 0.25) is 5.02 Å². The third-order valence-electron chi connectivity index (χ3n) is 5.12. The molecular formula is C22H28ClN3O2. The van der Waals surface area contributed by atoms with E-state index in [0.717, 1.165) is 49.4 Å². The highest BCUT2D eigenvalue weighted by Crippen LogP contribution is 2.21. The van der Waals surface area contributed by atoms with Gasteiger partial charge in [0.05, 0.1) is 6.10 Å². The quantitative estimate of drug-likeness (QED) is 0.683. The van der Waals surface area contributed by atoms with Crippen LogP contribution in [0.4, 0.5) is 11.4 Å². The van der Waals surface area contributed by atoms with Crippen molar-refractivity contribution in [2.45, 2.75) is 45.4 Å². The van der Waals surface area contributed by atoms with E-state index >= 15 is 0 Å². The van der Waals surface area contributed by atoms with Crippen molar-refractivity contribution in [3.63, 3.8) is 0 Å². The van der Waals surface area contributed by atoms with Crippen molar-refractivity contribution in [2.24, 2.45) is 0 Å². The highest BCUT2D eigenvalue weighted by molar-refractivity contribution is 6.31. The van der Waals surface area contributed by atoms with Gasteiger partial charge in [-0.25, -0.2) is 0 Å². The molecule has 150 valence electrons. The largest absolute Gasteiger partial charge is 0.393 e. The summed E-state index contributed by atoms with van der Waals surface area (Å²) in [7, 11) is 0. The number of benzene rings is 2. The lowest BCUT2D eigenvalue weighted by Crippen LogP contribution is -2.35. The van der Waals surface area contributed by atoms with E-state index in [1.807, 2.05) is 38.1 Å². The molecule has 1 saturated heterocycles. The molecule has 28 heavy (non-hydrogen) atoms. The van der Waals surface area contributed by atoms with Crippen LogP contribution in [0.25, 0.3) is 0 Å². The van der Waals surface area contributed by atoms with Crippen LogP contribution in [-0.2, 0) is 11.3 Å². The van der Waals surface area contributed by atoms with E-state index in [1.54, 1.807) is 6.07 Å². The summed E-state index contributed by atoms with van der Waals surface area (Å²) in [5, 5.41) is 16.5. The molecule has 0 spiro atoms. The Bertz CT molecular complexity index is 819. The van der Waals surface area contributed by atoms with Gasteiger partial charge in [0, 0.05) is 36.0 Å². The van der Waals surface area contributed by atoms with E-state index < -0.39 is 6.04 Å². The second-order valence-corrected chi connectivity index (χ2v) is 7.96. The lowest BCUT2D eigenvalue weighted by Gasteiger charge is -2.29. The fourth-order valence-electron chi connectivity index (χ4n) is 3.38. The fraction of sp³-hybridized carbons (Fsp3) is 0.409. The predicted molar refractivity (Wildman–Crippen MR) is 115 cm³/mol. The summed E-state index contributed by atoms with van der Waals surface area (Å²) in [5.74, 6) is -0.110. The molecular weight excluding hydrogens is 374 g/mol. The Hall–Kier alpha value is -2.08. The number of amides is 1. The van der Waals surface area contributed by atoms with Crippen LogP contribution in [0.15, 0.2) is 42.5 Å². The van der Waals surface area contributed by atoms with Crippen LogP contribution in [0, 0.1) is 6.92 Å². The first kappa shape index (κ1) is 20.6. The molecule has 2 aromatic rings. The summed E-state index contributed by atoms with van der Waals surface area (Å²) in [4.78, 5) is 14.9. The number of anilines is 2. The van der Waals surface area contributed by atoms with Gasteiger partial charge in [0.1, 0.15) is 6.04 Å². The molecule has 0 aliphatic carbocycles. The average molecular weight is 402 g/mol. The van der Waals surface area contributed by atoms with Gasteiger partial charge in [0.2, 0.25) is 5.91 Å². The topological polar surface area (TPSA) is 64.6 Å². The number of aliphatic hydroxyl groups excluding tert-OH is 1. The number of rotatable bonds is 6. The monoisotopic (exact) mass is 401 g/mol. The number of hydrogen-bond acceptors (Lipinski definition) is 4. The molecule has 1 aliphatic rings. The van der Waals surface area contributed by atoms with E-state index in [1.165, 1.54) is 5.56 Å². The van der Waals surface area contributed by atoms with Gasteiger partial charge >= 0.3 is 0 Å². The normalized spacial score (nSPS) is 16.6. The van der Waals surface area contributed by atoms with Crippen molar-refractivity contribution >= 4 is 28.9 Å². The van der Waals surface area contributed by atoms with E-state index in [0.29, 0.717) is 5.02 Å². The maximum absolute atomic E-state index is 12.6. The Kier molecular flexibility index (Phi) is 6.94. The molecule has 0 radical (unpaired) electrons. The number of carbonyl (C=O) groups excluding carboxylic acids is 1. The number of nitrogens with zero attached hydrogens (tertiary/aromatic N) is 1. The zero-order valence-corrected chi connectivity index (χ0v) is 17.2. The Morgan fingerprint density at radius 1 is 1.25 bits per heavy atom. The Morgan fingerprint density at radius 3 is 2.75 bits per heavy atom. The van der Waals surface area contributed by atoms with Crippen LogP contribution in [0.3, 0.4) is 0 Å². The number of halogens is 1. The van der Waals surface area contributed by atoms with Crippen molar-refractivity contribution < 1.29 is 9.90 Å². The minimum atomic E-state index is -0.390. The zero-order chi connectivity index (χ0) is 20.1. The molecule has 3 rings (SSSR count). The van der Waals surface area contributed by atoms with Crippen LogP contribution >= 0.6 is 11.6 Å². The molecule has 0 aromatic heterocycles. The fourth-order valence-corrected chi connectivity index (χ4v) is 3.55. The third kappa shape index (κ3) is 5.71. The molecule has 6 heteroatoms. The molecule has 3 N–H and O–H groups in total. The first-order valence-electron chi connectivity index (χ1n) is 9.73. The lowest BCUT2D eigenvalue weighted by molar-refractivity contribution is -0.116. The van der Waals surface area contributed by atoms with Crippen molar-refractivity contribution in [3.8, 4) is 0 Å². The Labute approximate surface area is 171 Å². The highest BCUT2D eigenvalue weighted by Gasteiger charge is 2.18. The summed E-state index contributed by atoms with van der Waals surface area (Å²) in [6.07, 6.45) is 1.50. The summed E-state index contributed by atoms with van der Waals surface area (Å²) in [6, 6.07) is 13.2. The molecule has 1 amide bonds. The van der Waals surface area contributed by atoms with Crippen molar-refractivity contribution in [1.29, 1.82) is 0 Å². The second-order valence-electron chi connectivity index (χ2n) is 7.52. The molecule has 5 nitrogen and oxygen atoms in total. The van der Waals surface area contributed by atoms with E-state index in [4.69, 9.17) is 11.6 Å². The SMILES string of the molecule is Cc1ccc(Cl)cc1NC(=O)[C@@H](C)Nc1cccc(CN2CCC(O)CC2)c1. The standard InChI is InChI=1S/C22H28ClN3O2/c1-15-6-7-18(23)13-21(15)25-22(28)16(2)24-19-5-3-4-17(12-19)14-26-10-8-20(27)9-11-26/h3-7,12-13,16,20,24,27H,8-11,14H2,1-2H3,(H,25,28)/t16-/m1/s1. The van der Waals surface area contributed by atoms with E-state index in [9.17, 15) is 9.90 Å². The minimum Gasteiger partial charge on any atom is -0.393 e. The summed E-state index contributed by atoms with van der Waals surface area (Å²) < 4.78 is 0. The van der Waals surface area contributed by atoms with Gasteiger partial charge in [-0.3, -0.25) is 9.69 Å². The summed E-state index contributed by atoms with van der Waals surface area (Å²) in [5.41, 5.74) is 3.81. The Morgan fingerprint density at radius 2 is 2.00 bits per heavy atom. The van der Waals surface area contributed by atoms with Gasteiger partial charge in [-0.2, -0.15) is 0 Å². The van der Waals surface area contributed by atoms with Gasteiger partial charge < -0.3 is 15.7 Å². The lowest BCUT2D eigenvalue weighted by atomic mass is 10.1. The number of hydrogen-bond donors (Lipinski definition) is 3. The molecule has 1 aliphatic heterocycles. The maximum atomic E-state index is 12.6. The number of piperidine rings is 1. The third-order valence-corrected chi connectivity index (χ3v) is 5.36. The number of aliphatic hydroxyl groups is 1. The smallest absolute Gasteiger partial charge is 0.246 e. The van der Waals surface area contributed by atoms with Crippen molar-refractivity contribution in [2.75, 3.05) is 23.7 Å². The average Bonchev–Trinajstić information content (AvgIpc) is 2.67. The van der Waals surface area contributed by atoms with Crippen LogP contribution < -0.4 is 10.6 Å². The number of nitrogens with one attached hydrogen (secondary N) is 2. The highest BCUT2D eigenvalue weighted by atomic mass is 35.5. The van der Waals surface area contributed by atoms with E-state index in [2.05, 4.69) is 27.7 Å². The summed E-state index contributed by atoms with van der Waals surface area (Å²) >= 11 is 6.03. The number of carbonyl (C=O) groups is 1. The molecule has 2 aromatic carbocycles. The van der Waals surface area contributed by atoms with Gasteiger partial charge in [0.25, 0.3) is 0 Å². The molecule has 1 heterocycles. The van der Waals surface area contributed by atoms with Crippen molar-refractivity contribution in [1.82, 2.24) is 4.90 Å². The van der Waals surface area contributed by atoms with Gasteiger partial charge in [-0.1, -0.05) is 29.8 Å². The molecule has 0 unspecified atom stereocenters. The first-order chi connectivity index (χ1) is 13.4. The molecule has 0 saturated carbocycles. The van der Waals surface area contributed by atoms with Crippen LogP contribution in [0.5, 0.6) is 0 Å². The summed E-state index contributed by atoms with van der Waals surface area (Å²) in [6.45, 7) is 6.46. The van der Waals surface area contributed by atoms with Gasteiger partial charge in [0.15, 0.2) is 0 Å². The number of aryl methyl sites for hydroxylation is 1. The van der Waals surface area contributed by atoms with Gasteiger partial charge in [-0.05, 0) is 62.1 Å². The predicted octanol–water partition coefficient (Wildman–Crippen LogP) is 4.04. The minimum absolute atomic E-state index is 0.110. The zero-order valence-electron chi connectivity index (χ0n) is 16.4. The van der Waals surface area contributed by atoms with Crippen LogP contribution in [0.1, 0.15) is 30.9 Å². The first-order valence-corrected chi connectivity index (χ1v) is 10.1. The molecule has 1 fully saturated rings. The molecule has 1 atom stereocenters. The Balaban J connectivity index is 1.58. The number of likely N-dealkylation sites (tertiary alicyclic amines) is 1.